The first-order valence-electron chi connectivity index (χ1n) is 10.8. The van der Waals surface area contributed by atoms with Gasteiger partial charge in [0.25, 0.3) is 0 Å². The lowest BCUT2D eigenvalue weighted by atomic mass is 10.1. The number of nitrogens with one attached hydrogen (secondary N) is 1. The Morgan fingerprint density at radius 3 is 2.62 bits per heavy atom. The molecule has 0 bridgehead atoms. The van der Waals surface area contributed by atoms with Crippen LogP contribution >= 0.6 is 7.52 Å². The zero-order valence-corrected chi connectivity index (χ0v) is 20.4. The van der Waals surface area contributed by atoms with Crippen molar-refractivity contribution in [1.82, 2.24) is 24.7 Å². The Hall–Kier alpha value is -2.88. The summed E-state index contributed by atoms with van der Waals surface area (Å²) < 4.78 is 45.6. The van der Waals surface area contributed by atoms with Crippen LogP contribution in [0.5, 0.6) is 5.75 Å². The molecule has 0 spiro atoms. The van der Waals surface area contributed by atoms with E-state index in [4.69, 9.17) is 14.0 Å². The van der Waals surface area contributed by atoms with Gasteiger partial charge in [0, 0.05) is 12.0 Å². The number of hydrogen-bond acceptors (Lipinski definition) is 8. The summed E-state index contributed by atoms with van der Waals surface area (Å²) in [6.45, 7) is 5.89. The molecule has 0 aliphatic heterocycles. The van der Waals surface area contributed by atoms with Crippen molar-refractivity contribution in [3.05, 3.63) is 54.2 Å². The molecule has 1 unspecified atom stereocenters. The molecular weight excluding hydrogens is 464 g/mol. The van der Waals surface area contributed by atoms with E-state index in [2.05, 4.69) is 20.2 Å². The van der Waals surface area contributed by atoms with E-state index in [0.717, 1.165) is 0 Å². The molecule has 2 aromatic heterocycles. The van der Waals surface area contributed by atoms with Crippen LogP contribution in [0.3, 0.4) is 0 Å². The molecule has 0 radical (unpaired) electrons. The molecule has 10 nitrogen and oxygen atoms in total. The van der Waals surface area contributed by atoms with E-state index in [0.29, 0.717) is 22.8 Å². The third kappa shape index (κ3) is 6.82. The molecule has 1 N–H and O–H groups in total. The van der Waals surface area contributed by atoms with E-state index in [9.17, 15) is 13.8 Å². The summed E-state index contributed by atoms with van der Waals surface area (Å²) in [5, 5.41) is 6.92. The molecule has 0 amide bonds. The van der Waals surface area contributed by atoms with Crippen LogP contribution in [-0.2, 0) is 25.3 Å². The lowest BCUT2D eigenvalue weighted by Crippen LogP contribution is -2.37. The lowest BCUT2D eigenvalue weighted by Gasteiger charge is -2.25. The summed E-state index contributed by atoms with van der Waals surface area (Å²) in [7, 11) is -3.79. The molecular formula is C22H29FN5O5P. The van der Waals surface area contributed by atoms with Crippen molar-refractivity contribution in [2.24, 2.45) is 0 Å². The first-order chi connectivity index (χ1) is 16.2. The van der Waals surface area contributed by atoms with E-state index < -0.39 is 38.7 Å². The third-order valence-corrected chi connectivity index (χ3v) is 6.52. The minimum absolute atomic E-state index is 0.146. The van der Waals surface area contributed by atoms with Gasteiger partial charge < -0.3 is 14.0 Å². The van der Waals surface area contributed by atoms with Gasteiger partial charge in [0.05, 0.1) is 18.4 Å². The second-order valence-electron chi connectivity index (χ2n) is 8.02. The lowest BCUT2D eigenvalue weighted by molar-refractivity contribution is -0.149. The highest BCUT2D eigenvalue weighted by atomic mass is 31.2. The number of nitrogens with zero attached hydrogens (tertiary/aromatic N) is 4. The Morgan fingerprint density at radius 1 is 1.21 bits per heavy atom. The molecule has 2 heterocycles. The summed E-state index contributed by atoms with van der Waals surface area (Å²) in [6.07, 6.45) is 1.39. The number of esters is 1. The maximum Gasteiger partial charge on any atom is 0.342 e. The second kappa shape index (κ2) is 11.5. The number of hydrogen-bond donors (Lipinski definition) is 1. The fourth-order valence-corrected chi connectivity index (χ4v) is 4.89. The summed E-state index contributed by atoms with van der Waals surface area (Å²) in [6, 6.07) is 7.53. The van der Waals surface area contributed by atoms with Crippen molar-refractivity contribution >= 4 is 19.1 Å². The quantitative estimate of drug-likeness (QED) is 0.299. The number of rotatable bonds is 12. The van der Waals surface area contributed by atoms with Gasteiger partial charge in [-0.15, -0.1) is 0 Å². The van der Waals surface area contributed by atoms with Gasteiger partial charge in [0.15, 0.2) is 5.65 Å². The van der Waals surface area contributed by atoms with Crippen molar-refractivity contribution in [2.75, 3.05) is 13.0 Å². The fraction of sp³-hybridized carbons (Fsp3) is 0.455. The molecule has 34 heavy (non-hydrogen) atoms. The Kier molecular flexibility index (Phi) is 8.71. The van der Waals surface area contributed by atoms with Gasteiger partial charge >= 0.3 is 13.5 Å². The number of para-hydroxylation sites is 1. The second-order valence-corrected chi connectivity index (χ2v) is 10.1. The average molecular weight is 493 g/mol. The average Bonchev–Trinajstić information content (AvgIpc) is 3.20. The van der Waals surface area contributed by atoms with Crippen molar-refractivity contribution in [1.29, 1.82) is 0 Å². The molecule has 184 valence electrons. The fourth-order valence-electron chi connectivity index (χ4n) is 3.15. The number of halogens is 1. The van der Waals surface area contributed by atoms with Gasteiger partial charge in [-0.25, -0.2) is 24.0 Å². The van der Waals surface area contributed by atoms with Gasteiger partial charge in [-0.1, -0.05) is 18.2 Å². The Balaban J connectivity index is 1.74. The minimum atomic E-state index is -3.79. The normalized spacial score (nSPS) is 15.1. The van der Waals surface area contributed by atoms with E-state index in [1.165, 1.54) is 13.3 Å². The highest BCUT2D eigenvalue weighted by molar-refractivity contribution is 7.57. The van der Waals surface area contributed by atoms with Gasteiger partial charge in [-0.05, 0) is 39.8 Å². The monoisotopic (exact) mass is 493 g/mol. The number of benzene rings is 1. The largest absolute Gasteiger partial charge is 0.462 e. The Labute approximate surface area is 197 Å². The molecule has 1 aromatic carbocycles. The van der Waals surface area contributed by atoms with Gasteiger partial charge in [-0.2, -0.15) is 5.10 Å². The van der Waals surface area contributed by atoms with Crippen LogP contribution in [-0.4, -0.2) is 56.8 Å². The molecule has 12 heteroatoms. The van der Waals surface area contributed by atoms with E-state index in [1.807, 2.05) is 0 Å². The SMILES string of the molecule is Cc1ncnc2c(C[C@H](CF)OCP(=O)(N[C@@H](C)C(=O)OC(C)C)Oc3ccccc3)cnn12. The van der Waals surface area contributed by atoms with Crippen molar-refractivity contribution in [3.63, 3.8) is 0 Å². The zero-order chi connectivity index (χ0) is 24.7. The van der Waals surface area contributed by atoms with Crippen molar-refractivity contribution in [2.45, 2.75) is 52.4 Å². The Bertz CT molecular complexity index is 1140. The maximum absolute atomic E-state index is 13.9. The van der Waals surface area contributed by atoms with E-state index in [-0.39, 0.29) is 12.5 Å². The smallest absolute Gasteiger partial charge is 0.342 e. The van der Waals surface area contributed by atoms with Crippen LogP contribution < -0.4 is 9.61 Å². The van der Waals surface area contributed by atoms with Crippen LogP contribution in [0.25, 0.3) is 5.65 Å². The van der Waals surface area contributed by atoms with Crippen LogP contribution in [0, 0.1) is 6.92 Å². The molecule has 0 saturated heterocycles. The third-order valence-electron chi connectivity index (χ3n) is 4.74. The highest BCUT2D eigenvalue weighted by Gasteiger charge is 2.32. The highest BCUT2D eigenvalue weighted by Crippen LogP contribution is 2.44. The number of ether oxygens (including phenoxy) is 2. The van der Waals surface area contributed by atoms with Crippen molar-refractivity contribution in [3.8, 4) is 5.75 Å². The topological polar surface area (TPSA) is 117 Å². The molecule has 0 aliphatic rings. The summed E-state index contributed by atoms with van der Waals surface area (Å²) >= 11 is 0. The number of fused-ring (bicyclic) bond motifs is 1. The van der Waals surface area contributed by atoms with E-state index in [1.54, 1.807) is 61.8 Å². The van der Waals surface area contributed by atoms with Crippen molar-refractivity contribution < 1.29 is 27.7 Å². The number of aromatic nitrogens is 4. The molecule has 0 saturated carbocycles. The number of carbonyl (C=O) groups is 1. The maximum atomic E-state index is 13.9. The zero-order valence-electron chi connectivity index (χ0n) is 19.6. The minimum Gasteiger partial charge on any atom is -0.462 e. The van der Waals surface area contributed by atoms with Crippen LogP contribution in [0.15, 0.2) is 42.9 Å². The predicted octanol–water partition coefficient (Wildman–Crippen LogP) is 3.49. The van der Waals surface area contributed by atoms with E-state index >= 15 is 0 Å². The van der Waals surface area contributed by atoms with Gasteiger partial charge in [-0.3, -0.25) is 9.36 Å². The summed E-state index contributed by atoms with van der Waals surface area (Å²) in [5.41, 5.74) is 1.20. The van der Waals surface area contributed by atoms with Crippen LogP contribution in [0.1, 0.15) is 32.2 Å². The van der Waals surface area contributed by atoms with Crippen LogP contribution in [0.4, 0.5) is 4.39 Å². The number of carbonyl (C=O) groups excluding carboxylic acids is 1. The molecule has 3 atom stereocenters. The molecule has 0 fully saturated rings. The van der Waals surface area contributed by atoms with Gasteiger partial charge in [0.1, 0.15) is 37.0 Å². The summed E-state index contributed by atoms with van der Waals surface area (Å²) in [4.78, 5) is 20.5. The molecule has 3 rings (SSSR count). The predicted molar refractivity (Wildman–Crippen MR) is 123 cm³/mol. The molecule has 0 aliphatic carbocycles. The number of aryl methyl sites for hydroxylation is 1. The van der Waals surface area contributed by atoms with Gasteiger partial charge in [0.2, 0.25) is 0 Å². The summed E-state index contributed by atoms with van der Waals surface area (Å²) in [5.74, 6) is 0.370. The first kappa shape index (κ1) is 25.7. The standard InChI is InChI=1S/C22H29FN5O5P/c1-15(2)32-22(29)16(3)27-34(30,33-19-8-6-5-7-9-19)14-31-20(11-23)10-18-12-26-28-17(4)24-13-25-21(18)28/h5-9,12-13,15-16,20H,10-11,14H2,1-4H3,(H,27,30)/t16-,20+,34?/m0/s1. The molecule has 3 aromatic rings. The Morgan fingerprint density at radius 2 is 1.94 bits per heavy atom. The van der Waals surface area contributed by atoms with Crippen LogP contribution in [0.2, 0.25) is 0 Å². The first-order valence-corrected chi connectivity index (χ1v) is 12.7. The number of alkyl halides is 1.